The number of carbonyl (C=O) groups is 1. The summed E-state index contributed by atoms with van der Waals surface area (Å²) in [6, 6.07) is 0. The fourth-order valence-corrected chi connectivity index (χ4v) is 2.47. The van der Waals surface area contributed by atoms with Crippen LogP contribution in [0.15, 0.2) is 0 Å². The third-order valence-electron chi connectivity index (χ3n) is 3.52. The fourth-order valence-electron chi connectivity index (χ4n) is 2.47. The van der Waals surface area contributed by atoms with Gasteiger partial charge in [-0.25, -0.2) is 0 Å². The number of rotatable bonds is 8. The van der Waals surface area contributed by atoms with Crippen LogP contribution in [0.4, 0.5) is 13.2 Å². The average molecular weight is 282 g/mol. The number of likely N-dealkylation sites (N-methyl/N-ethyl adjacent to an activating group) is 1. The molecule has 0 amide bonds. The molecule has 0 bridgehead atoms. The number of nitrogens with one attached hydrogen (secondary N) is 1. The Bertz CT molecular complexity index is 319. The quantitative estimate of drug-likeness (QED) is 0.711. The van der Waals surface area contributed by atoms with Crippen molar-refractivity contribution in [3.05, 3.63) is 0 Å². The lowest BCUT2D eigenvalue weighted by Gasteiger charge is -2.35. The molecule has 1 aliphatic carbocycles. The maximum atomic E-state index is 12.5. The topological polar surface area (TPSA) is 52.6 Å². The molecule has 2 N–H and O–H groups in total. The summed E-state index contributed by atoms with van der Waals surface area (Å²) in [7, 11) is 1.50. The van der Waals surface area contributed by atoms with Crippen molar-refractivity contribution in [3.8, 4) is 0 Å². The zero-order chi connectivity index (χ0) is 14.7. The van der Waals surface area contributed by atoms with Crippen molar-refractivity contribution in [1.82, 2.24) is 10.2 Å². The Morgan fingerprint density at radius 1 is 1.37 bits per heavy atom. The van der Waals surface area contributed by atoms with E-state index < -0.39 is 24.2 Å². The van der Waals surface area contributed by atoms with Crippen LogP contribution in [0.5, 0.6) is 0 Å². The third-order valence-corrected chi connectivity index (χ3v) is 3.52. The lowest BCUT2D eigenvalue weighted by molar-refractivity contribution is -0.157. The summed E-state index contributed by atoms with van der Waals surface area (Å²) in [4.78, 5) is 12.7. The van der Waals surface area contributed by atoms with Gasteiger partial charge < -0.3 is 10.4 Å². The van der Waals surface area contributed by atoms with Gasteiger partial charge in [-0.05, 0) is 38.8 Å². The van der Waals surface area contributed by atoms with Gasteiger partial charge in [-0.1, -0.05) is 6.92 Å². The molecule has 0 spiro atoms. The van der Waals surface area contributed by atoms with E-state index in [1.807, 2.05) is 0 Å². The van der Waals surface area contributed by atoms with E-state index in [4.69, 9.17) is 0 Å². The van der Waals surface area contributed by atoms with E-state index in [1.54, 1.807) is 6.92 Å². The average Bonchev–Trinajstić information content (AvgIpc) is 3.07. The van der Waals surface area contributed by atoms with E-state index in [0.29, 0.717) is 6.42 Å². The van der Waals surface area contributed by atoms with Crippen molar-refractivity contribution in [2.75, 3.05) is 26.7 Å². The van der Waals surface area contributed by atoms with Gasteiger partial charge >= 0.3 is 12.1 Å². The summed E-state index contributed by atoms with van der Waals surface area (Å²) < 4.78 is 37.5. The molecule has 4 nitrogen and oxygen atoms in total. The molecule has 0 radical (unpaired) electrons. The maximum Gasteiger partial charge on any atom is 0.401 e. The van der Waals surface area contributed by atoms with Gasteiger partial charge in [-0.15, -0.1) is 0 Å². The number of carboxylic acids is 1. The molecule has 112 valence electrons. The smallest absolute Gasteiger partial charge is 0.401 e. The number of nitrogens with zero attached hydrogens (tertiary/aromatic N) is 1. The highest BCUT2D eigenvalue weighted by molar-refractivity contribution is 5.80. The highest BCUT2D eigenvalue weighted by Gasteiger charge is 2.51. The van der Waals surface area contributed by atoms with Crippen molar-refractivity contribution < 1.29 is 23.1 Å². The Balaban J connectivity index is 2.81. The summed E-state index contributed by atoms with van der Waals surface area (Å²) in [6.07, 6.45) is -2.25. The van der Waals surface area contributed by atoms with Crippen LogP contribution in [0.1, 0.15) is 26.2 Å². The predicted molar refractivity (Wildman–Crippen MR) is 64.9 cm³/mol. The van der Waals surface area contributed by atoms with Crippen molar-refractivity contribution in [2.45, 2.75) is 37.9 Å². The molecule has 1 saturated carbocycles. The Labute approximate surface area is 111 Å². The number of hydrogen-bond acceptors (Lipinski definition) is 3. The van der Waals surface area contributed by atoms with Crippen molar-refractivity contribution in [2.24, 2.45) is 5.92 Å². The molecule has 19 heavy (non-hydrogen) atoms. The lowest BCUT2D eigenvalue weighted by Crippen LogP contribution is -2.60. The Morgan fingerprint density at radius 3 is 2.26 bits per heavy atom. The molecule has 0 aliphatic heterocycles. The minimum absolute atomic E-state index is 0.0809. The predicted octanol–water partition coefficient (Wildman–Crippen LogP) is 1.71. The van der Waals surface area contributed by atoms with Gasteiger partial charge in [0.1, 0.15) is 5.54 Å². The number of hydrogen-bond donors (Lipinski definition) is 2. The van der Waals surface area contributed by atoms with Gasteiger partial charge in [0.2, 0.25) is 0 Å². The minimum atomic E-state index is -4.31. The molecule has 1 unspecified atom stereocenters. The maximum absolute atomic E-state index is 12.5. The standard InChI is InChI=1S/C12H21F3N2O2/c1-3-6-17(8-12(13,14)15)7-11(16-2,10(18)19)9-4-5-9/h9,16H,3-8H2,1-2H3,(H,18,19). The Hall–Kier alpha value is -0.820. The first-order valence-electron chi connectivity index (χ1n) is 6.46. The molecular formula is C12H21F3N2O2. The van der Waals surface area contributed by atoms with Crippen LogP contribution in [0.2, 0.25) is 0 Å². The molecule has 0 aromatic heterocycles. The monoisotopic (exact) mass is 282 g/mol. The minimum Gasteiger partial charge on any atom is -0.480 e. The van der Waals surface area contributed by atoms with Crippen LogP contribution in [-0.4, -0.2) is 54.4 Å². The number of aliphatic carboxylic acids is 1. The van der Waals surface area contributed by atoms with E-state index >= 15 is 0 Å². The normalized spacial score (nSPS) is 19.5. The van der Waals surface area contributed by atoms with Crippen LogP contribution in [0.3, 0.4) is 0 Å². The van der Waals surface area contributed by atoms with Gasteiger partial charge in [0, 0.05) is 6.54 Å². The summed E-state index contributed by atoms with van der Waals surface area (Å²) >= 11 is 0. The van der Waals surface area contributed by atoms with Crippen LogP contribution >= 0.6 is 0 Å². The highest BCUT2D eigenvalue weighted by atomic mass is 19.4. The second-order valence-corrected chi connectivity index (χ2v) is 5.13. The van der Waals surface area contributed by atoms with Gasteiger partial charge in [0.25, 0.3) is 0 Å². The molecule has 0 aromatic carbocycles. The first-order chi connectivity index (χ1) is 8.75. The Morgan fingerprint density at radius 2 is 1.95 bits per heavy atom. The first kappa shape index (κ1) is 16.2. The van der Waals surface area contributed by atoms with Crippen molar-refractivity contribution in [1.29, 1.82) is 0 Å². The second kappa shape index (κ2) is 6.09. The van der Waals surface area contributed by atoms with E-state index in [2.05, 4.69) is 5.32 Å². The molecular weight excluding hydrogens is 261 g/mol. The molecule has 1 rings (SSSR count). The lowest BCUT2D eigenvalue weighted by atomic mass is 9.92. The van der Waals surface area contributed by atoms with Crippen LogP contribution in [0.25, 0.3) is 0 Å². The van der Waals surface area contributed by atoms with Crippen LogP contribution < -0.4 is 5.32 Å². The van der Waals surface area contributed by atoms with E-state index in [1.165, 1.54) is 11.9 Å². The van der Waals surface area contributed by atoms with Gasteiger partial charge in [-0.2, -0.15) is 13.2 Å². The first-order valence-corrected chi connectivity index (χ1v) is 6.46. The summed E-state index contributed by atoms with van der Waals surface area (Å²) in [5, 5.41) is 12.1. The number of halogens is 3. The molecule has 1 atom stereocenters. The third kappa shape index (κ3) is 4.35. The molecule has 0 heterocycles. The van der Waals surface area contributed by atoms with E-state index in [-0.39, 0.29) is 19.0 Å². The van der Waals surface area contributed by atoms with E-state index in [0.717, 1.165) is 12.8 Å². The molecule has 1 fully saturated rings. The van der Waals surface area contributed by atoms with E-state index in [9.17, 15) is 23.1 Å². The van der Waals surface area contributed by atoms with Crippen molar-refractivity contribution >= 4 is 5.97 Å². The zero-order valence-electron chi connectivity index (χ0n) is 11.3. The Kier molecular flexibility index (Phi) is 5.20. The highest BCUT2D eigenvalue weighted by Crippen LogP contribution is 2.40. The fraction of sp³-hybridized carbons (Fsp3) is 0.917. The molecule has 0 aromatic rings. The number of alkyl halides is 3. The largest absolute Gasteiger partial charge is 0.480 e. The number of carboxylic acid groups (broad SMARTS) is 1. The zero-order valence-corrected chi connectivity index (χ0v) is 11.3. The summed E-state index contributed by atoms with van der Waals surface area (Å²) in [6.45, 7) is 0.840. The molecule has 1 aliphatic rings. The van der Waals surface area contributed by atoms with Crippen LogP contribution in [0, 0.1) is 5.92 Å². The van der Waals surface area contributed by atoms with Gasteiger partial charge in [0.15, 0.2) is 0 Å². The SMILES string of the molecule is CCCN(CC(F)(F)F)CC(NC)(C(=O)O)C1CC1. The second-order valence-electron chi connectivity index (χ2n) is 5.13. The summed E-state index contributed by atoms with van der Waals surface area (Å²) in [5.74, 6) is -1.15. The molecule has 7 heteroatoms. The summed E-state index contributed by atoms with van der Waals surface area (Å²) in [5.41, 5.74) is -1.26. The molecule has 0 saturated heterocycles. The van der Waals surface area contributed by atoms with Crippen LogP contribution in [-0.2, 0) is 4.79 Å². The van der Waals surface area contributed by atoms with Crippen molar-refractivity contribution in [3.63, 3.8) is 0 Å². The van der Waals surface area contributed by atoms with Gasteiger partial charge in [-0.3, -0.25) is 9.69 Å². The van der Waals surface area contributed by atoms with Gasteiger partial charge in [0.05, 0.1) is 6.54 Å².